The van der Waals surface area contributed by atoms with Gasteiger partial charge < -0.3 is 20.3 Å². The van der Waals surface area contributed by atoms with Crippen LogP contribution in [0.15, 0.2) is 41.4 Å². The van der Waals surface area contributed by atoms with Gasteiger partial charge in [-0.3, -0.25) is 4.99 Å². The number of rotatable bonds is 9. The second-order valence-corrected chi connectivity index (χ2v) is 6.19. The van der Waals surface area contributed by atoms with Crippen LogP contribution in [0.1, 0.15) is 32.3 Å². The van der Waals surface area contributed by atoms with Crippen molar-refractivity contribution in [1.29, 1.82) is 0 Å². The largest absolute Gasteiger partial charge is 0.492 e. The predicted molar refractivity (Wildman–Crippen MR) is 121 cm³/mol. The number of guanidine groups is 1. The Hall–Kier alpha value is -1.28. The molecule has 0 saturated carbocycles. The number of halogens is 1. The van der Waals surface area contributed by atoms with Crippen molar-refractivity contribution in [3.8, 4) is 5.75 Å². The van der Waals surface area contributed by atoms with Gasteiger partial charge in [-0.1, -0.05) is 44.2 Å². The molecule has 0 atom stereocenters. The molecule has 0 bridgehead atoms. The number of likely N-dealkylation sites (N-methyl/N-ethyl adjacent to an activating group) is 1. The smallest absolute Gasteiger partial charge is 0.191 e. The summed E-state index contributed by atoms with van der Waals surface area (Å²) in [7, 11) is 1.81. The lowest BCUT2D eigenvalue weighted by atomic mass is 10.2. The van der Waals surface area contributed by atoms with Crippen LogP contribution in [0.4, 0.5) is 0 Å². The maximum atomic E-state index is 6.02. The zero-order chi connectivity index (χ0) is 17.9. The number of benzene rings is 1. The molecule has 0 fully saturated rings. The molecule has 0 amide bonds. The van der Waals surface area contributed by atoms with Crippen LogP contribution in [0.3, 0.4) is 0 Å². The molecule has 1 aromatic carbocycles. The molecule has 1 aliphatic rings. The summed E-state index contributed by atoms with van der Waals surface area (Å²) in [6.07, 6.45) is 6.55. The van der Waals surface area contributed by atoms with E-state index in [1.165, 1.54) is 0 Å². The van der Waals surface area contributed by atoms with Gasteiger partial charge in [0.15, 0.2) is 5.96 Å². The molecule has 26 heavy (non-hydrogen) atoms. The van der Waals surface area contributed by atoms with Crippen molar-refractivity contribution in [1.82, 2.24) is 15.5 Å². The van der Waals surface area contributed by atoms with Gasteiger partial charge in [0.2, 0.25) is 0 Å². The molecule has 0 aliphatic heterocycles. The quantitative estimate of drug-likeness (QED) is 0.250. The summed E-state index contributed by atoms with van der Waals surface area (Å²) in [6, 6.07) is 8.66. The van der Waals surface area contributed by atoms with Crippen LogP contribution in [-0.2, 0) is 6.54 Å². The average Bonchev–Trinajstić information content (AvgIpc) is 3.16. The van der Waals surface area contributed by atoms with Crippen molar-refractivity contribution in [2.24, 2.45) is 4.99 Å². The third-order valence-corrected chi connectivity index (χ3v) is 4.55. The zero-order valence-corrected chi connectivity index (χ0v) is 18.5. The molecule has 0 heterocycles. The first-order valence-corrected chi connectivity index (χ1v) is 9.32. The maximum Gasteiger partial charge on any atom is 0.191 e. The van der Waals surface area contributed by atoms with Crippen molar-refractivity contribution < 1.29 is 4.74 Å². The zero-order valence-electron chi connectivity index (χ0n) is 16.2. The fourth-order valence-corrected chi connectivity index (χ4v) is 2.92. The number of hydrogen-bond donors (Lipinski definition) is 2. The molecule has 0 unspecified atom stereocenters. The Kier molecular flexibility index (Phi) is 11.4. The molecular weight excluding hydrogens is 439 g/mol. The van der Waals surface area contributed by atoms with E-state index in [1.807, 2.05) is 25.2 Å². The van der Waals surface area contributed by atoms with Crippen LogP contribution in [-0.4, -0.2) is 50.2 Å². The molecule has 0 saturated heterocycles. The van der Waals surface area contributed by atoms with Crippen molar-refractivity contribution in [3.63, 3.8) is 0 Å². The van der Waals surface area contributed by atoms with E-state index < -0.39 is 0 Å². The summed E-state index contributed by atoms with van der Waals surface area (Å²) in [4.78, 5) is 6.69. The summed E-state index contributed by atoms with van der Waals surface area (Å²) in [5.41, 5.74) is 1.15. The number of para-hydroxylation sites is 1. The molecule has 146 valence electrons. The highest BCUT2D eigenvalue weighted by molar-refractivity contribution is 14.0. The Morgan fingerprint density at radius 2 is 1.88 bits per heavy atom. The van der Waals surface area contributed by atoms with Gasteiger partial charge in [0, 0.05) is 31.7 Å². The van der Waals surface area contributed by atoms with Crippen LogP contribution < -0.4 is 15.4 Å². The van der Waals surface area contributed by atoms with Crippen molar-refractivity contribution in [2.45, 2.75) is 39.3 Å². The topological polar surface area (TPSA) is 48.9 Å². The highest BCUT2D eigenvalue weighted by Crippen LogP contribution is 2.17. The van der Waals surface area contributed by atoms with Crippen LogP contribution in [0.2, 0.25) is 0 Å². The van der Waals surface area contributed by atoms with E-state index in [2.05, 4.69) is 52.6 Å². The third-order valence-electron chi connectivity index (χ3n) is 4.55. The van der Waals surface area contributed by atoms with E-state index in [0.29, 0.717) is 19.2 Å². The first kappa shape index (κ1) is 22.8. The van der Waals surface area contributed by atoms with Gasteiger partial charge in [-0.25, -0.2) is 0 Å². The Morgan fingerprint density at radius 3 is 2.54 bits per heavy atom. The second-order valence-electron chi connectivity index (χ2n) is 6.19. The predicted octanol–water partition coefficient (Wildman–Crippen LogP) is 3.41. The van der Waals surface area contributed by atoms with Gasteiger partial charge in [-0.05, 0) is 32.0 Å². The van der Waals surface area contributed by atoms with Crippen molar-refractivity contribution in [2.75, 3.05) is 33.3 Å². The number of nitrogens with one attached hydrogen (secondary N) is 2. The normalized spacial score (nSPS) is 14.4. The fourth-order valence-electron chi connectivity index (χ4n) is 2.92. The molecule has 0 aromatic heterocycles. The number of aliphatic imine (C=N–C) groups is 1. The Balaban J connectivity index is 0.00000338. The lowest BCUT2D eigenvalue weighted by Crippen LogP contribution is -2.42. The van der Waals surface area contributed by atoms with Crippen molar-refractivity contribution >= 4 is 29.9 Å². The van der Waals surface area contributed by atoms with Crippen LogP contribution in [0, 0.1) is 0 Å². The van der Waals surface area contributed by atoms with E-state index in [4.69, 9.17) is 4.74 Å². The highest BCUT2D eigenvalue weighted by Gasteiger charge is 2.12. The minimum atomic E-state index is 0. The molecule has 2 N–H and O–H groups in total. The van der Waals surface area contributed by atoms with E-state index in [1.54, 1.807) is 0 Å². The van der Waals surface area contributed by atoms with Crippen LogP contribution in [0.25, 0.3) is 0 Å². The maximum absolute atomic E-state index is 6.02. The lowest BCUT2D eigenvalue weighted by Gasteiger charge is -2.20. The molecule has 0 radical (unpaired) electrons. The first-order valence-electron chi connectivity index (χ1n) is 9.32. The number of hydrogen-bond acceptors (Lipinski definition) is 3. The first-order chi connectivity index (χ1) is 12.3. The molecule has 0 spiro atoms. The van der Waals surface area contributed by atoms with E-state index in [9.17, 15) is 0 Å². The summed E-state index contributed by atoms with van der Waals surface area (Å²) in [5, 5.41) is 6.85. The Labute approximate surface area is 175 Å². The average molecular weight is 472 g/mol. The van der Waals surface area contributed by atoms with Gasteiger partial charge in [0.25, 0.3) is 0 Å². The van der Waals surface area contributed by atoms with Crippen molar-refractivity contribution in [3.05, 3.63) is 42.0 Å². The summed E-state index contributed by atoms with van der Waals surface area (Å²) >= 11 is 0. The standard InChI is InChI=1S/C20H32N4O.HI/c1-4-24(5-2)14-15-25-19-13-9-6-10-17(19)16-22-20(21-3)23-18-11-7-8-12-18;/h6-10,13,18H,4-5,11-12,14-16H2,1-3H3,(H2,21,22,23);1H. The van der Waals surface area contributed by atoms with E-state index >= 15 is 0 Å². The SMILES string of the molecule is CCN(CC)CCOc1ccccc1CNC(=NC)NC1CC=CC1.I. The van der Waals surface area contributed by atoms with Gasteiger partial charge in [-0.15, -0.1) is 24.0 Å². The fraction of sp³-hybridized carbons (Fsp3) is 0.550. The molecular formula is C20H33IN4O. The van der Waals surface area contributed by atoms with Gasteiger partial charge >= 0.3 is 0 Å². The summed E-state index contributed by atoms with van der Waals surface area (Å²) in [5.74, 6) is 1.78. The highest BCUT2D eigenvalue weighted by atomic mass is 127. The molecule has 5 nitrogen and oxygen atoms in total. The third kappa shape index (κ3) is 7.53. The second kappa shape index (κ2) is 13.0. The molecule has 2 rings (SSSR count). The van der Waals surface area contributed by atoms with Crippen LogP contribution in [0.5, 0.6) is 5.75 Å². The van der Waals surface area contributed by atoms with Gasteiger partial charge in [0.05, 0.1) is 0 Å². The van der Waals surface area contributed by atoms with Gasteiger partial charge in [0.1, 0.15) is 12.4 Å². The van der Waals surface area contributed by atoms with E-state index in [-0.39, 0.29) is 24.0 Å². The molecule has 1 aromatic rings. The minimum absolute atomic E-state index is 0. The van der Waals surface area contributed by atoms with E-state index in [0.717, 1.165) is 49.7 Å². The van der Waals surface area contributed by atoms with Gasteiger partial charge in [-0.2, -0.15) is 0 Å². The monoisotopic (exact) mass is 472 g/mol. The minimum Gasteiger partial charge on any atom is -0.492 e. The Morgan fingerprint density at radius 1 is 1.19 bits per heavy atom. The number of ether oxygens (including phenoxy) is 1. The molecule has 1 aliphatic carbocycles. The summed E-state index contributed by atoms with van der Waals surface area (Å²) in [6.45, 7) is 8.83. The lowest BCUT2D eigenvalue weighted by molar-refractivity contribution is 0.221. The molecule has 6 heteroatoms. The summed E-state index contributed by atoms with van der Waals surface area (Å²) < 4.78 is 6.02. The van der Waals surface area contributed by atoms with Crippen LogP contribution >= 0.6 is 24.0 Å². The number of nitrogens with zero attached hydrogens (tertiary/aromatic N) is 2. The Bertz CT molecular complexity index is 565.